The van der Waals surface area contributed by atoms with Gasteiger partial charge in [0.1, 0.15) is 17.1 Å². The van der Waals surface area contributed by atoms with Gasteiger partial charge in [-0.2, -0.15) is 0 Å². The predicted molar refractivity (Wildman–Crippen MR) is 145 cm³/mol. The predicted octanol–water partition coefficient (Wildman–Crippen LogP) is 4.03. The lowest BCUT2D eigenvalue weighted by molar-refractivity contribution is -0.127. The fourth-order valence-electron chi connectivity index (χ4n) is 5.21. The van der Waals surface area contributed by atoms with Crippen molar-refractivity contribution in [2.45, 2.75) is 38.6 Å². The van der Waals surface area contributed by atoms with Crippen molar-refractivity contribution in [3.8, 4) is 11.4 Å². The number of carbonyl (C=O) groups excluding carboxylic acids is 1. The second-order valence-electron chi connectivity index (χ2n) is 9.62. The summed E-state index contributed by atoms with van der Waals surface area (Å²) in [5.74, 6) is -0.0661. The summed E-state index contributed by atoms with van der Waals surface area (Å²) in [6.07, 6.45) is 10.5. The van der Waals surface area contributed by atoms with Gasteiger partial charge in [0, 0.05) is 54.1 Å². The second-order valence-corrected chi connectivity index (χ2v) is 9.62. The number of aromatic nitrogens is 5. The molecule has 0 saturated heterocycles. The fraction of sp³-hybridized carbons (Fsp3) is 0.500. The molecular weight excluding hydrogens is 503 g/mol. The Bertz CT molecular complexity index is 1390. The number of rotatable bonds is 13. The Hall–Kier alpha value is -3.41. The minimum absolute atomic E-state index is 0.0132. The maximum absolute atomic E-state index is 13.9. The number of hydrogen-bond donors (Lipinski definition) is 2. The summed E-state index contributed by atoms with van der Waals surface area (Å²) in [5.41, 5.74) is 2.02. The molecule has 0 unspecified atom stereocenters. The number of ether oxygens (including phenoxy) is 3. The van der Waals surface area contributed by atoms with Crippen LogP contribution in [0.5, 0.6) is 0 Å². The van der Waals surface area contributed by atoms with Crippen molar-refractivity contribution < 1.29 is 23.4 Å². The van der Waals surface area contributed by atoms with Crippen molar-refractivity contribution in [2.24, 2.45) is 5.92 Å². The molecule has 4 heterocycles. The molecule has 4 aromatic heterocycles. The number of hydrogen-bond acceptors (Lipinski definition) is 7. The molecule has 0 radical (unpaired) electrons. The molecule has 0 bridgehead atoms. The van der Waals surface area contributed by atoms with Crippen LogP contribution in [0.1, 0.15) is 38.6 Å². The van der Waals surface area contributed by atoms with Crippen LogP contribution in [0.3, 0.4) is 0 Å². The van der Waals surface area contributed by atoms with Crippen LogP contribution in [0.2, 0.25) is 0 Å². The molecular formula is C28H35FN6O4. The minimum Gasteiger partial charge on any atom is -0.379 e. The second kappa shape index (κ2) is 13.1. The Morgan fingerprint density at radius 1 is 1.10 bits per heavy atom. The maximum atomic E-state index is 13.9. The molecule has 1 fully saturated rings. The number of carbonyl (C=O) groups is 1. The summed E-state index contributed by atoms with van der Waals surface area (Å²) in [6, 6.07) is 3.39. The van der Waals surface area contributed by atoms with Gasteiger partial charge in [0.05, 0.1) is 45.1 Å². The van der Waals surface area contributed by atoms with Gasteiger partial charge < -0.3 is 29.1 Å². The van der Waals surface area contributed by atoms with Crippen LogP contribution in [-0.2, 0) is 19.0 Å². The monoisotopic (exact) mass is 538 g/mol. The standard InChI is InChI=1S/C28H35FN6O4/c1-2-37-11-12-39-14-13-38-10-8-30-28(36)21-5-3-4-6-24(21)35-9-7-19-16-31-26(34-27(19)35)23-18-33-25-22(23)15-20(29)17-32-25/h7,9,15-18,21,24H,2-6,8,10-14H2,1H3,(H,30,36)(H,32,33)/t21-,24+/m1/s1. The molecule has 1 aliphatic rings. The van der Waals surface area contributed by atoms with E-state index in [0.717, 1.165) is 36.7 Å². The van der Waals surface area contributed by atoms with Crippen LogP contribution < -0.4 is 5.32 Å². The van der Waals surface area contributed by atoms with E-state index < -0.39 is 5.82 Å². The van der Waals surface area contributed by atoms with Gasteiger partial charge in [-0.25, -0.2) is 19.3 Å². The molecule has 0 aliphatic heterocycles. The van der Waals surface area contributed by atoms with Crippen LogP contribution in [0.15, 0.2) is 36.9 Å². The van der Waals surface area contributed by atoms with Gasteiger partial charge in [-0.05, 0) is 31.9 Å². The van der Waals surface area contributed by atoms with E-state index >= 15 is 0 Å². The molecule has 4 aromatic rings. The summed E-state index contributed by atoms with van der Waals surface area (Å²) in [7, 11) is 0. The molecule has 39 heavy (non-hydrogen) atoms. The first-order valence-corrected chi connectivity index (χ1v) is 13.6. The van der Waals surface area contributed by atoms with Crippen LogP contribution in [0.4, 0.5) is 4.39 Å². The average Bonchev–Trinajstić information content (AvgIpc) is 3.57. The number of halogens is 1. The van der Waals surface area contributed by atoms with E-state index in [1.807, 2.05) is 19.2 Å². The highest BCUT2D eigenvalue weighted by atomic mass is 19.1. The molecule has 5 rings (SSSR count). The summed E-state index contributed by atoms with van der Waals surface area (Å²) in [4.78, 5) is 29.8. The zero-order valence-electron chi connectivity index (χ0n) is 22.2. The SMILES string of the molecule is CCOCCOCCOCCNC(=O)[C@@H]1CCCC[C@@H]1n1ccc2cnc(-c3c[nH]c4ncc(F)cc34)nc21. The zero-order chi connectivity index (χ0) is 27.0. The van der Waals surface area contributed by atoms with Crippen LogP contribution in [0.25, 0.3) is 33.5 Å². The molecule has 1 saturated carbocycles. The molecule has 11 heteroatoms. The fourth-order valence-corrected chi connectivity index (χ4v) is 5.21. The number of pyridine rings is 1. The lowest BCUT2D eigenvalue weighted by Crippen LogP contribution is -2.39. The van der Waals surface area contributed by atoms with Gasteiger partial charge in [-0.3, -0.25) is 4.79 Å². The average molecular weight is 539 g/mol. The lowest BCUT2D eigenvalue weighted by atomic mass is 9.83. The van der Waals surface area contributed by atoms with Crippen molar-refractivity contribution in [3.05, 3.63) is 42.7 Å². The van der Waals surface area contributed by atoms with Crippen molar-refractivity contribution in [3.63, 3.8) is 0 Å². The topological polar surface area (TPSA) is 116 Å². The third-order valence-electron chi connectivity index (χ3n) is 7.11. The summed E-state index contributed by atoms with van der Waals surface area (Å²) in [6.45, 7) is 5.62. The van der Waals surface area contributed by atoms with Gasteiger partial charge in [0.25, 0.3) is 0 Å². The van der Waals surface area contributed by atoms with Crippen molar-refractivity contribution in [1.29, 1.82) is 0 Å². The molecule has 2 N–H and O–H groups in total. The Labute approximate surface area is 226 Å². The maximum Gasteiger partial charge on any atom is 0.225 e. The Balaban J connectivity index is 1.23. The molecule has 0 spiro atoms. The molecule has 2 atom stereocenters. The normalized spacial score (nSPS) is 17.7. The highest BCUT2D eigenvalue weighted by Crippen LogP contribution is 2.36. The van der Waals surface area contributed by atoms with E-state index in [2.05, 4.69) is 24.8 Å². The third-order valence-corrected chi connectivity index (χ3v) is 7.11. The first-order valence-electron chi connectivity index (χ1n) is 13.6. The molecule has 1 amide bonds. The van der Waals surface area contributed by atoms with E-state index in [-0.39, 0.29) is 17.9 Å². The molecule has 0 aromatic carbocycles. The number of H-pyrrole nitrogens is 1. The number of nitrogens with one attached hydrogen (secondary N) is 2. The van der Waals surface area contributed by atoms with Gasteiger partial charge in [0.15, 0.2) is 5.82 Å². The smallest absolute Gasteiger partial charge is 0.225 e. The molecule has 1 aliphatic carbocycles. The van der Waals surface area contributed by atoms with Crippen LogP contribution in [-0.4, -0.2) is 76.6 Å². The summed E-state index contributed by atoms with van der Waals surface area (Å²) < 4.78 is 32.2. The number of nitrogens with zero attached hydrogens (tertiary/aromatic N) is 4. The van der Waals surface area contributed by atoms with Crippen molar-refractivity contribution >= 4 is 28.0 Å². The van der Waals surface area contributed by atoms with Crippen molar-refractivity contribution in [2.75, 3.05) is 46.2 Å². The highest BCUT2D eigenvalue weighted by Gasteiger charge is 2.33. The van der Waals surface area contributed by atoms with Gasteiger partial charge in [-0.1, -0.05) is 12.8 Å². The Morgan fingerprint density at radius 2 is 1.90 bits per heavy atom. The summed E-state index contributed by atoms with van der Waals surface area (Å²) >= 11 is 0. The minimum atomic E-state index is -0.417. The number of aromatic amines is 1. The van der Waals surface area contributed by atoms with E-state index in [1.165, 1.54) is 12.3 Å². The van der Waals surface area contributed by atoms with E-state index in [0.29, 0.717) is 68.6 Å². The van der Waals surface area contributed by atoms with Crippen molar-refractivity contribution in [1.82, 2.24) is 29.8 Å². The first-order chi connectivity index (χ1) is 19.2. The lowest BCUT2D eigenvalue weighted by Gasteiger charge is -2.32. The Kier molecular flexibility index (Phi) is 9.12. The van der Waals surface area contributed by atoms with Crippen LogP contribution in [0, 0.1) is 11.7 Å². The Morgan fingerprint density at radius 3 is 2.74 bits per heavy atom. The van der Waals surface area contributed by atoms with Gasteiger partial charge in [0.2, 0.25) is 5.91 Å². The first kappa shape index (κ1) is 27.2. The van der Waals surface area contributed by atoms with E-state index in [1.54, 1.807) is 12.4 Å². The van der Waals surface area contributed by atoms with E-state index in [4.69, 9.17) is 19.2 Å². The molecule has 208 valence electrons. The largest absolute Gasteiger partial charge is 0.379 e. The molecule has 10 nitrogen and oxygen atoms in total. The summed E-state index contributed by atoms with van der Waals surface area (Å²) in [5, 5.41) is 4.57. The van der Waals surface area contributed by atoms with Gasteiger partial charge >= 0.3 is 0 Å². The zero-order valence-corrected chi connectivity index (χ0v) is 22.2. The van der Waals surface area contributed by atoms with Gasteiger partial charge in [-0.15, -0.1) is 0 Å². The third kappa shape index (κ3) is 6.43. The van der Waals surface area contributed by atoms with E-state index in [9.17, 15) is 9.18 Å². The highest BCUT2D eigenvalue weighted by molar-refractivity contribution is 5.92. The number of amides is 1. The number of fused-ring (bicyclic) bond motifs is 2. The quantitative estimate of drug-likeness (QED) is 0.247. The van der Waals surface area contributed by atoms with Crippen LogP contribution >= 0.6 is 0 Å².